The minimum atomic E-state index is -4.34. The highest BCUT2D eigenvalue weighted by molar-refractivity contribution is 7.84. The van der Waals surface area contributed by atoms with Crippen LogP contribution < -0.4 is 4.72 Å². The van der Waals surface area contributed by atoms with E-state index in [-0.39, 0.29) is 6.61 Å². The number of alkyl halides is 4. The number of esters is 1. The number of ether oxygens (including phenoxy) is 1. The standard InChI is InChI=1S/C18H24F5NO3S/c1-5-27-14(25)10-11-17(22,23)18(15(20)21,24-28(26)16(2,3)4)12-8-6-7-9-13(12)19/h6-9,15,24H,5,10-11H2,1-4H3/t18-,28?/m0/s1. The maximum absolute atomic E-state index is 15.2. The molecule has 1 aromatic carbocycles. The quantitative estimate of drug-likeness (QED) is 0.470. The van der Waals surface area contributed by atoms with Crippen molar-refractivity contribution in [2.45, 2.75) is 63.2 Å². The van der Waals surface area contributed by atoms with E-state index in [1.807, 2.05) is 0 Å². The predicted octanol–water partition coefficient (Wildman–Crippen LogP) is 4.32. The third kappa shape index (κ3) is 5.28. The van der Waals surface area contributed by atoms with Gasteiger partial charge in [0, 0.05) is 12.0 Å². The summed E-state index contributed by atoms with van der Waals surface area (Å²) in [4.78, 5) is 11.5. The number of halogens is 5. The lowest BCUT2D eigenvalue weighted by molar-refractivity contribution is -0.162. The van der Waals surface area contributed by atoms with Crippen molar-refractivity contribution >= 4 is 17.0 Å². The molecule has 28 heavy (non-hydrogen) atoms. The van der Waals surface area contributed by atoms with Crippen molar-refractivity contribution in [1.29, 1.82) is 0 Å². The average Bonchev–Trinajstić information content (AvgIpc) is 2.57. The Hall–Kier alpha value is -1.55. The molecular weight excluding hydrogens is 405 g/mol. The Balaban J connectivity index is 3.54. The summed E-state index contributed by atoms with van der Waals surface area (Å²) >= 11 is 0. The summed E-state index contributed by atoms with van der Waals surface area (Å²) in [5.41, 5.74) is -4.64. The van der Waals surface area contributed by atoms with Gasteiger partial charge < -0.3 is 4.74 Å². The second kappa shape index (κ2) is 9.30. The van der Waals surface area contributed by atoms with E-state index in [0.717, 1.165) is 24.3 Å². The first-order chi connectivity index (χ1) is 12.8. The number of nitrogens with one attached hydrogen (secondary N) is 1. The molecule has 0 aromatic heterocycles. The van der Waals surface area contributed by atoms with Gasteiger partial charge in [-0.15, -0.1) is 0 Å². The molecule has 0 heterocycles. The molecule has 1 N–H and O–H groups in total. The van der Waals surface area contributed by atoms with Gasteiger partial charge in [-0.1, -0.05) is 18.2 Å². The molecule has 1 unspecified atom stereocenters. The number of rotatable bonds is 9. The summed E-state index contributed by atoms with van der Waals surface area (Å²) < 4.78 is 90.7. The van der Waals surface area contributed by atoms with Crippen LogP contribution in [-0.4, -0.2) is 33.9 Å². The number of carbonyl (C=O) groups is 1. The third-order valence-corrected chi connectivity index (χ3v) is 5.58. The number of hydrogen-bond donors (Lipinski definition) is 1. The second-order valence-corrected chi connectivity index (χ2v) is 9.05. The fourth-order valence-corrected chi connectivity index (χ4v) is 3.37. The molecule has 10 heteroatoms. The van der Waals surface area contributed by atoms with Crippen molar-refractivity contribution in [3.8, 4) is 0 Å². The molecule has 4 nitrogen and oxygen atoms in total. The van der Waals surface area contributed by atoms with Crippen molar-refractivity contribution in [3.63, 3.8) is 0 Å². The van der Waals surface area contributed by atoms with Crippen molar-refractivity contribution in [1.82, 2.24) is 4.72 Å². The van der Waals surface area contributed by atoms with Gasteiger partial charge in [0.25, 0.3) is 12.3 Å². The molecule has 0 saturated carbocycles. The average molecular weight is 429 g/mol. The highest BCUT2D eigenvalue weighted by atomic mass is 32.2. The zero-order chi connectivity index (χ0) is 21.8. The van der Waals surface area contributed by atoms with Gasteiger partial charge in [-0.25, -0.2) is 30.9 Å². The van der Waals surface area contributed by atoms with E-state index in [1.54, 1.807) is 4.72 Å². The molecule has 0 spiro atoms. The Kier molecular flexibility index (Phi) is 8.13. The summed E-state index contributed by atoms with van der Waals surface area (Å²) in [6, 6.07) is 3.83. The van der Waals surface area contributed by atoms with Crippen LogP contribution >= 0.6 is 0 Å². The van der Waals surface area contributed by atoms with Crippen molar-refractivity contribution < 1.29 is 35.7 Å². The smallest absolute Gasteiger partial charge is 0.305 e. The molecule has 2 atom stereocenters. The molecule has 0 bridgehead atoms. The highest BCUT2D eigenvalue weighted by Gasteiger charge is 2.63. The fourth-order valence-electron chi connectivity index (χ4n) is 2.42. The Morgan fingerprint density at radius 1 is 1.21 bits per heavy atom. The first kappa shape index (κ1) is 24.5. The molecule has 0 aliphatic carbocycles. The van der Waals surface area contributed by atoms with Crippen LogP contribution in [0.1, 0.15) is 46.1 Å². The molecule has 0 amide bonds. The van der Waals surface area contributed by atoms with Gasteiger partial charge in [-0.05, 0) is 33.8 Å². The van der Waals surface area contributed by atoms with E-state index in [1.165, 1.54) is 27.7 Å². The van der Waals surface area contributed by atoms with Crippen LogP contribution in [0.2, 0.25) is 0 Å². The van der Waals surface area contributed by atoms with Gasteiger partial charge in [-0.2, -0.15) is 0 Å². The Bertz CT molecular complexity index is 709. The zero-order valence-corrected chi connectivity index (χ0v) is 16.8. The molecule has 0 radical (unpaired) electrons. The van der Waals surface area contributed by atoms with Gasteiger partial charge in [0.15, 0.2) is 5.54 Å². The predicted molar refractivity (Wildman–Crippen MR) is 95.9 cm³/mol. The molecule has 160 valence electrons. The lowest BCUT2D eigenvalue weighted by Gasteiger charge is -2.41. The molecule has 0 fully saturated rings. The monoisotopic (exact) mass is 429 g/mol. The normalized spacial score (nSPS) is 15.9. The van der Waals surface area contributed by atoms with E-state index < -0.39 is 63.8 Å². The molecule has 0 aliphatic rings. The minimum Gasteiger partial charge on any atom is -0.466 e. The van der Waals surface area contributed by atoms with Crippen molar-refractivity contribution in [3.05, 3.63) is 35.6 Å². The van der Waals surface area contributed by atoms with Crippen LogP contribution in [0.4, 0.5) is 22.0 Å². The van der Waals surface area contributed by atoms with E-state index in [0.29, 0.717) is 0 Å². The molecular formula is C18H24F5NO3S. The van der Waals surface area contributed by atoms with Crippen LogP contribution in [0, 0.1) is 5.82 Å². The van der Waals surface area contributed by atoms with Crippen molar-refractivity contribution in [2.75, 3.05) is 6.61 Å². The summed E-state index contributed by atoms with van der Waals surface area (Å²) in [6.45, 7) is 5.58. The summed E-state index contributed by atoms with van der Waals surface area (Å²) in [5, 5.41) is 0. The topological polar surface area (TPSA) is 55.4 Å². The molecule has 0 saturated heterocycles. The van der Waals surface area contributed by atoms with E-state index in [2.05, 4.69) is 4.74 Å². The lowest BCUT2D eigenvalue weighted by atomic mass is 9.82. The second-order valence-electron chi connectivity index (χ2n) is 7.08. The van der Waals surface area contributed by atoms with Crippen LogP contribution in [-0.2, 0) is 26.1 Å². The van der Waals surface area contributed by atoms with Gasteiger partial charge in [0.1, 0.15) is 5.82 Å². The van der Waals surface area contributed by atoms with E-state index in [4.69, 9.17) is 0 Å². The first-order valence-corrected chi connectivity index (χ1v) is 9.71. The summed E-state index contributed by atoms with van der Waals surface area (Å²) in [5.74, 6) is -6.65. The molecule has 1 rings (SSSR count). The Morgan fingerprint density at radius 3 is 2.25 bits per heavy atom. The van der Waals surface area contributed by atoms with Crippen molar-refractivity contribution in [2.24, 2.45) is 0 Å². The van der Waals surface area contributed by atoms with Gasteiger partial charge >= 0.3 is 5.97 Å². The molecule has 0 aliphatic heterocycles. The molecule has 1 aromatic rings. The van der Waals surface area contributed by atoms with Gasteiger partial charge in [-0.3, -0.25) is 4.79 Å². The fraction of sp³-hybridized carbons (Fsp3) is 0.611. The highest BCUT2D eigenvalue weighted by Crippen LogP contribution is 2.46. The number of benzene rings is 1. The SMILES string of the molecule is CCOC(=O)CCC(F)(F)[C@](NS(=O)C(C)(C)C)(c1ccccc1F)C(F)F. The zero-order valence-electron chi connectivity index (χ0n) is 16.0. The van der Waals surface area contributed by atoms with Crippen LogP contribution in [0.3, 0.4) is 0 Å². The number of hydrogen-bond acceptors (Lipinski definition) is 3. The third-order valence-electron chi connectivity index (χ3n) is 3.96. The van der Waals surface area contributed by atoms with Crippen LogP contribution in [0.15, 0.2) is 24.3 Å². The van der Waals surface area contributed by atoms with Crippen LogP contribution in [0.25, 0.3) is 0 Å². The summed E-state index contributed by atoms with van der Waals surface area (Å²) in [6.07, 6.45) is -6.06. The van der Waals surface area contributed by atoms with Gasteiger partial charge in [0.2, 0.25) is 0 Å². The summed E-state index contributed by atoms with van der Waals surface area (Å²) in [7, 11) is -2.39. The maximum atomic E-state index is 15.2. The van der Waals surface area contributed by atoms with E-state index >= 15 is 8.78 Å². The van der Waals surface area contributed by atoms with Gasteiger partial charge in [0.05, 0.1) is 28.8 Å². The maximum Gasteiger partial charge on any atom is 0.305 e. The Labute approximate surface area is 163 Å². The van der Waals surface area contributed by atoms with E-state index in [9.17, 15) is 22.2 Å². The number of carbonyl (C=O) groups excluding carboxylic acids is 1. The largest absolute Gasteiger partial charge is 0.466 e. The van der Waals surface area contributed by atoms with Crippen LogP contribution in [0.5, 0.6) is 0 Å². The Morgan fingerprint density at radius 2 is 1.79 bits per heavy atom. The minimum absolute atomic E-state index is 0.0655. The first-order valence-electron chi connectivity index (χ1n) is 8.56. The lowest BCUT2D eigenvalue weighted by Crippen LogP contribution is -2.63.